The molecule has 1 fully saturated rings. The Bertz CT molecular complexity index is 790. The lowest BCUT2D eigenvalue weighted by Gasteiger charge is -2.34. The van der Waals surface area contributed by atoms with Gasteiger partial charge < -0.3 is 19.0 Å². The molecule has 1 aromatic carbocycles. The SMILES string of the molecule is Cc1ccccc1-c1nc(CCCC[C@H]2CO[C@@](C)(C(=O)O)OC2)c(C)o1. The molecular formula is C21H27NO5. The molecule has 3 rings (SSSR count). The van der Waals surface area contributed by atoms with Gasteiger partial charge in [0.2, 0.25) is 5.89 Å². The van der Waals surface area contributed by atoms with E-state index in [9.17, 15) is 4.79 Å². The maximum absolute atomic E-state index is 11.1. The molecule has 0 spiro atoms. The highest BCUT2D eigenvalue weighted by Crippen LogP contribution is 2.27. The van der Waals surface area contributed by atoms with Gasteiger partial charge in [0.15, 0.2) is 0 Å². The van der Waals surface area contributed by atoms with Gasteiger partial charge in [-0.05, 0) is 44.7 Å². The summed E-state index contributed by atoms with van der Waals surface area (Å²) < 4.78 is 16.6. The van der Waals surface area contributed by atoms with Gasteiger partial charge in [-0.1, -0.05) is 24.6 Å². The van der Waals surface area contributed by atoms with E-state index in [0.29, 0.717) is 19.1 Å². The van der Waals surface area contributed by atoms with Crippen LogP contribution in [0.4, 0.5) is 0 Å². The largest absolute Gasteiger partial charge is 0.477 e. The van der Waals surface area contributed by atoms with Gasteiger partial charge in [-0.3, -0.25) is 0 Å². The van der Waals surface area contributed by atoms with Crippen molar-refractivity contribution < 1.29 is 23.8 Å². The number of ether oxygens (including phenoxy) is 2. The second-order valence-electron chi connectivity index (χ2n) is 7.32. The smallest absolute Gasteiger partial charge is 0.364 e. The number of oxazole rings is 1. The van der Waals surface area contributed by atoms with Gasteiger partial charge in [-0.15, -0.1) is 0 Å². The number of hydrogen-bond acceptors (Lipinski definition) is 5. The van der Waals surface area contributed by atoms with E-state index in [4.69, 9.17) is 19.0 Å². The minimum absolute atomic E-state index is 0.235. The van der Waals surface area contributed by atoms with Crippen LogP contribution in [0.5, 0.6) is 0 Å². The molecule has 0 saturated carbocycles. The lowest BCUT2D eigenvalue weighted by atomic mass is 10.0. The molecule has 1 aromatic heterocycles. The third kappa shape index (κ3) is 4.57. The van der Waals surface area contributed by atoms with Gasteiger partial charge in [0.25, 0.3) is 5.79 Å². The van der Waals surface area contributed by atoms with Crippen molar-refractivity contribution in [2.45, 2.75) is 52.2 Å². The fourth-order valence-corrected chi connectivity index (χ4v) is 3.25. The molecule has 0 radical (unpaired) electrons. The second-order valence-corrected chi connectivity index (χ2v) is 7.32. The molecule has 0 unspecified atom stereocenters. The fraction of sp³-hybridized carbons (Fsp3) is 0.524. The number of unbranched alkanes of at least 4 members (excludes halogenated alkanes) is 1. The van der Waals surface area contributed by atoms with Gasteiger partial charge in [0.05, 0.1) is 18.9 Å². The summed E-state index contributed by atoms with van der Waals surface area (Å²) in [4.78, 5) is 15.8. The van der Waals surface area contributed by atoms with Crippen molar-refractivity contribution in [2.75, 3.05) is 13.2 Å². The Morgan fingerprint density at radius 2 is 1.93 bits per heavy atom. The molecule has 27 heavy (non-hydrogen) atoms. The average molecular weight is 373 g/mol. The van der Waals surface area contributed by atoms with Crippen molar-refractivity contribution in [3.63, 3.8) is 0 Å². The minimum Gasteiger partial charge on any atom is -0.477 e. The first-order valence-corrected chi connectivity index (χ1v) is 9.42. The van der Waals surface area contributed by atoms with Gasteiger partial charge in [-0.25, -0.2) is 9.78 Å². The number of hydrogen-bond donors (Lipinski definition) is 1. The van der Waals surface area contributed by atoms with Crippen molar-refractivity contribution in [3.05, 3.63) is 41.3 Å². The highest BCUT2D eigenvalue weighted by Gasteiger charge is 2.40. The molecule has 0 bridgehead atoms. The van der Waals surface area contributed by atoms with E-state index in [0.717, 1.165) is 48.3 Å². The predicted octanol–water partition coefficient (Wildman–Crippen LogP) is 4.14. The average Bonchev–Trinajstić information content (AvgIpc) is 3.01. The van der Waals surface area contributed by atoms with Crippen LogP contribution in [0.2, 0.25) is 0 Å². The fourth-order valence-electron chi connectivity index (χ4n) is 3.25. The Morgan fingerprint density at radius 3 is 2.59 bits per heavy atom. The minimum atomic E-state index is -1.50. The molecule has 1 aliphatic rings. The summed E-state index contributed by atoms with van der Waals surface area (Å²) in [5.74, 6) is -0.789. The van der Waals surface area contributed by atoms with Crippen molar-refractivity contribution in [2.24, 2.45) is 5.92 Å². The van der Waals surface area contributed by atoms with Crippen LogP contribution < -0.4 is 0 Å². The van der Waals surface area contributed by atoms with Gasteiger partial charge in [-0.2, -0.15) is 0 Å². The van der Waals surface area contributed by atoms with Crippen LogP contribution in [0.25, 0.3) is 11.5 Å². The monoisotopic (exact) mass is 373 g/mol. The quantitative estimate of drug-likeness (QED) is 0.735. The number of rotatable bonds is 7. The predicted molar refractivity (Wildman–Crippen MR) is 100 cm³/mol. The Kier molecular flexibility index (Phi) is 5.97. The van der Waals surface area contributed by atoms with Crippen LogP contribution in [-0.4, -0.2) is 35.1 Å². The van der Waals surface area contributed by atoms with E-state index in [1.807, 2.05) is 25.1 Å². The number of carboxylic acids is 1. The first-order chi connectivity index (χ1) is 12.9. The first-order valence-electron chi connectivity index (χ1n) is 9.42. The molecule has 1 saturated heterocycles. The highest BCUT2D eigenvalue weighted by atomic mass is 16.7. The summed E-state index contributed by atoms with van der Waals surface area (Å²) in [5.41, 5.74) is 3.18. The Morgan fingerprint density at radius 1 is 1.22 bits per heavy atom. The molecular weight excluding hydrogens is 346 g/mol. The first kappa shape index (κ1) is 19.6. The summed E-state index contributed by atoms with van der Waals surface area (Å²) in [6.07, 6.45) is 3.81. The maximum Gasteiger partial charge on any atom is 0.364 e. The zero-order valence-electron chi connectivity index (χ0n) is 16.2. The Labute approximate surface area is 159 Å². The summed E-state index contributed by atoms with van der Waals surface area (Å²) in [5, 5.41) is 9.09. The highest BCUT2D eigenvalue weighted by molar-refractivity contribution is 5.75. The van der Waals surface area contributed by atoms with E-state index < -0.39 is 11.8 Å². The van der Waals surface area contributed by atoms with E-state index >= 15 is 0 Å². The maximum atomic E-state index is 11.1. The number of aliphatic carboxylic acids is 1. The van der Waals surface area contributed by atoms with Crippen molar-refractivity contribution >= 4 is 5.97 Å². The van der Waals surface area contributed by atoms with Crippen molar-refractivity contribution in [1.29, 1.82) is 0 Å². The molecule has 6 nitrogen and oxygen atoms in total. The third-order valence-electron chi connectivity index (χ3n) is 5.12. The molecule has 6 heteroatoms. The van der Waals surface area contributed by atoms with Crippen LogP contribution >= 0.6 is 0 Å². The number of carboxylic acid groups (broad SMARTS) is 1. The van der Waals surface area contributed by atoms with E-state index in [1.165, 1.54) is 6.92 Å². The zero-order chi connectivity index (χ0) is 19.4. The number of benzene rings is 1. The van der Waals surface area contributed by atoms with Gasteiger partial charge in [0, 0.05) is 18.4 Å². The number of aromatic nitrogens is 1. The Balaban J connectivity index is 1.47. The van der Waals surface area contributed by atoms with Gasteiger partial charge >= 0.3 is 5.97 Å². The lowest BCUT2D eigenvalue weighted by Crippen LogP contribution is -2.47. The molecule has 146 valence electrons. The molecule has 2 aromatic rings. The van der Waals surface area contributed by atoms with Gasteiger partial charge in [0.1, 0.15) is 5.76 Å². The molecule has 1 aliphatic heterocycles. The second kappa shape index (κ2) is 8.23. The number of aryl methyl sites for hydroxylation is 3. The third-order valence-corrected chi connectivity index (χ3v) is 5.12. The molecule has 0 atom stereocenters. The normalized spacial score (nSPS) is 22.7. The zero-order valence-corrected chi connectivity index (χ0v) is 16.2. The standard InChI is InChI=1S/C21H27NO5/c1-14-8-4-6-10-17(14)19-22-18(15(2)27-19)11-7-5-9-16-12-25-21(3,20(23)24)26-13-16/h4,6,8,10,16H,5,7,9,11-13H2,1-3H3,(H,23,24)/t16-,21+. The summed E-state index contributed by atoms with van der Waals surface area (Å²) in [7, 11) is 0. The van der Waals surface area contributed by atoms with Crippen molar-refractivity contribution in [3.8, 4) is 11.5 Å². The van der Waals surface area contributed by atoms with Crippen LogP contribution in [-0.2, 0) is 20.7 Å². The number of nitrogens with zero attached hydrogens (tertiary/aromatic N) is 1. The molecule has 2 heterocycles. The van der Waals surface area contributed by atoms with Crippen molar-refractivity contribution in [1.82, 2.24) is 4.98 Å². The number of carbonyl (C=O) groups is 1. The molecule has 1 N–H and O–H groups in total. The van der Waals surface area contributed by atoms with E-state index in [-0.39, 0.29) is 5.92 Å². The lowest BCUT2D eigenvalue weighted by molar-refractivity contribution is -0.271. The van der Waals surface area contributed by atoms with Crippen LogP contribution in [0.3, 0.4) is 0 Å². The molecule has 0 aliphatic carbocycles. The summed E-state index contributed by atoms with van der Waals surface area (Å²) in [6.45, 7) is 6.30. The van der Waals surface area contributed by atoms with Crippen LogP contribution in [0.1, 0.15) is 43.2 Å². The van der Waals surface area contributed by atoms with Crippen LogP contribution in [0, 0.1) is 19.8 Å². The van der Waals surface area contributed by atoms with E-state index in [1.54, 1.807) is 0 Å². The summed E-state index contributed by atoms with van der Waals surface area (Å²) in [6, 6.07) is 8.08. The van der Waals surface area contributed by atoms with Crippen LogP contribution in [0.15, 0.2) is 28.7 Å². The van der Waals surface area contributed by atoms with E-state index in [2.05, 4.69) is 18.0 Å². The Hall–Kier alpha value is -2.18. The topological polar surface area (TPSA) is 81.8 Å². The molecule has 0 amide bonds. The summed E-state index contributed by atoms with van der Waals surface area (Å²) >= 11 is 0.